The minimum Gasteiger partial charge on any atom is -0.302 e. The Balaban J connectivity index is 1.82. The predicted molar refractivity (Wildman–Crippen MR) is 104 cm³/mol. The van der Waals surface area contributed by atoms with E-state index in [1.807, 2.05) is 0 Å². The zero-order valence-electron chi connectivity index (χ0n) is 15.7. The van der Waals surface area contributed by atoms with Crippen LogP contribution in [0.4, 0.5) is 0 Å². The molecule has 1 nitrogen and oxygen atoms in total. The van der Waals surface area contributed by atoms with Crippen molar-refractivity contribution >= 4 is 0 Å². The molecular formula is C22H39N. The summed E-state index contributed by atoms with van der Waals surface area (Å²) in [5.41, 5.74) is 1.42. The second-order valence-electron chi connectivity index (χ2n) is 7.11. The molecule has 1 rings (SSSR count). The van der Waals surface area contributed by atoms with E-state index in [4.69, 9.17) is 0 Å². The second kappa shape index (κ2) is 14.8. The monoisotopic (exact) mass is 317 g/mol. The fraction of sp³-hybridized carbons (Fsp3) is 0.727. The van der Waals surface area contributed by atoms with Gasteiger partial charge in [-0.2, -0.15) is 0 Å². The van der Waals surface area contributed by atoms with Crippen LogP contribution in [0.15, 0.2) is 30.3 Å². The Bertz CT molecular complexity index is 346. The van der Waals surface area contributed by atoms with Gasteiger partial charge >= 0.3 is 0 Å². The van der Waals surface area contributed by atoms with E-state index in [0.717, 1.165) is 6.54 Å². The highest BCUT2D eigenvalue weighted by atomic mass is 15.1. The van der Waals surface area contributed by atoms with Gasteiger partial charge in [-0.15, -0.1) is 0 Å². The summed E-state index contributed by atoms with van der Waals surface area (Å²) < 4.78 is 0. The Morgan fingerprint density at radius 1 is 0.652 bits per heavy atom. The highest BCUT2D eigenvalue weighted by Crippen LogP contribution is 2.12. The van der Waals surface area contributed by atoms with Gasteiger partial charge in [0, 0.05) is 6.54 Å². The third kappa shape index (κ3) is 12.3. The van der Waals surface area contributed by atoms with Crippen LogP contribution in [0.3, 0.4) is 0 Å². The Hall–Kier alpha value is -0.820. The first-order chi connectivity index (χ1) is 11.3. The molecule has 0 aliphatic heterocycles. The summed E-state index contributed by atoms with van der Waals surface area (Å²) in [6.07, 6.45) is 17.2. The molecule has 23 heavy (non-hydrogen) atoms. The number of benzene rings is 1. The number of hydrogen-bond donors (Lipinski definition) is 0. The second-order valence-corrected chi connectivity index (χ2v) is 7.11. The topological polar surface area (TPSA) is 3.24 Å². The van der Waals surface area contributed by atoms with Crippen molar-refractivity contribution in [3.63, 3.8) is 0 Å². The fourth-order valence-corrected chi connectivity index (χ4v) is 3.20. The lowest BCUT2D eigenvalue weighted by atomic mass is 10.1. The van der Waals surface area contributed by atoms with Crippen molar-refractivity contribution < 1.29 is 0 Å². The van der Waals surface area contributed by atoms with Gasteiger partial charge in [-0.25, -0.2) is 0 Å². The third-order valence-electron chi connectivity index (χ3n) is 4.69. The van der Waals surface area contributed by atoms with Crippen LogP contribution in [0.1, 0.15) is 89.5 Å². The third-order valence-corrected chi connectivity index (χ3v) is 4.69. The van der Waals surface area contributed by atoms with Gasteiger partial charge in [-0.3, -0.25) is 0 Å². The minimum atomic E-state index is 1.08. The minimum absolute atomic E-state index is 1.08. The lowest BCUT2D eigenvalue weighted by Crippen LogP contribution is -2.18. The maximum atomic E-state index is 2.45. The highest BCUT2D eigenvalue weighted by Gasteiger charge is 1.99. The Kier molecular flexibility index (Phi) is 13.0. The lowest BCUT2D eigenvalue weighted by Gasteiger charge is -2.16. The first-order valence-corrected chi connectivity index (χ1v) is 10.1. The summed E-state index contributed by atoms with van der Waals surface area (Å²) in [7, 11) is 2.24. The van der Waals surface area contributed by atoms with E-state index >= 15 is 0 Å². The fourth-order valence-electron chi connectivity index (χ4n) is 3.20. The largest absolute Gasteiger partial charge is 0.302 e. The zero-order chi connectivity index (χ0) is 16.6. The van der Waals surface area contributed by atoms with Crippen molar-refractivity contribution in [2.24, 2.45) is 0 Å². The summed E-state index contributed by atoms with van der Waals surface area (Å²) >= 11 is 0. The molecule has 0 aromatic heterocycles. The maximum Gasteiger partial charge on any atom is 0.0230 e. The highest BCUT2D eigenvalue weighted by molar-refractivity contribution is 5.14. The SMILES string of the molecule is CCCCCCCCCCCCCCN(C)Cc1ccccc1. The van der Waals surface area contributed by atoms with Crippen molar-refractivity contribution in [3.8, 4) is 0 Å². The molecule has 0 radical (unpaired) electrons. The molecule has 0 spiro atoms. The van der Waals surface area contributed by atoms with Gasteiger partial charge in [-0.1, -0.05) is 108 Å². The van der Waals surface area contributed by atoms with Gasteiger partial charge < -0.3 is 4.90 Å². The molecule has 1 aromatic carbocycles. The van der Waals surface area contributed by atoms with Crippen LogP contribution in [-0.4, -0.2) is 18.5 Å². The summed E-state index contributed by atoms with van der Waals surface area (Å²) in [6.45, 7) is 4.60. The van der Waals surface area contributed by atoms with E-state index in [1.54, 1.807) is 0 Å². The first-order valence-electron chi connectivity index (χ1n) is 10.1. The molecule has 0 aliphatic rings. The summed E-state index contributed by atoms with van der Waals surface area (Å²) in [6, 6.07) is 10.8. The molecule has 0 atom stereocenters. The number of nitrogens with zero attached hydrogens (tertiary/aromatic N) is 1. The Morgan fingerprint density at radius 3 is 1.65 bits per heavy atom. The molecular weight excluding hydrogens is 278 g/mol. The molecule has 0 saturated heterocycles. The molecule has 0 amide bonds. The van der Waals surface area contributed by atoms with Crippen LogP contribution in [0.25, 0.3) is 0 Å². The van der Waals surface area contributed by atoms with E-state index < -0.39 is 0 Å². The zero-order valence-corrected chi connectivity index (χ0v) is 15.7. The molecule has 0 saturated carbocycles. The molecule has 0 fully saturated rings. The standard InChI is InChI=1S/C22H39N/c1-3-4-5-6-7-8-9-10-11-12-13-17-20-23(2)21-22-18-15-14-16-19-22/h14-16,18-19H,3-13,17,20-21H2,1-2H3. The van der Waals surface area contributed by atoms with E-state index in [0.29, 0.717) is 0 Å². The van der Waals surface area contributed by atoms with E-state index in [-0.39, 0.29) is 0 Å². The molecule has 0 aliphatic carbocycles. The van der Waals surface area contributed by atoms with Crippen LogP contribution in [-0.2, 0) is 6.54 Å². The van der Waals surface area contributed by atoms with Gasteiger partial charge in [0.1, 0.15) is 0 Å². The van der Waals surface area contributed by atoms with E-state index in [1.165, 1.54) is 89.2 Å². The van der Waals surface area contributed by atoms with Gasteiger partial charge in [0.25, 0.3) is 0 Å². The predicted octanol–water partition coefficient (Wildman–Crippen LogP) is 6.82. The average molecular weight is 318 g/mol. The Morgan fingerprint density at radius 2 is 1.13 bits per heavy atom. The molecule has 1 heteroatoms. The molecule has 1 aromatic rings. The number of rotatable bonds is 15. The Labute approximate surface area is 145 Å². The van der Waals surface area contributed by atoms with Crippen molar-refractivity contribution in [1.29, 1.82) is 0 Å². The molecule has 0 unspecified atom stereocenters. The molecule has 0 bridgehead atoms. The first kappa shape index (κ1) is 20.2. The van der Waals surface area contributed by atoms with Crippen LogP contribution < -0.4 is 0 Å². The van der Waals surface area contributed by atoms with Crippen LogP contribution >= 0.6 is 0 Å². The normalized spacial score (nSPS) is 11.3. The van der Waals surface area contributed by atoms with Crippen LogP contribution in [0.2, 0.25) is 0 Å². The van der Waals surface area contributed by atoms with Crippen LogP contribution in [0, 0.1) is 0 Å². The van der Waals surface area contributed by atoms with Crippen LogP contribution in [0.5, 0.6) is 0 Å². The molecule has 132 valence electrons. The number of unbranched alkanes of at least 4 members (excludes halogenated alkanes) is 11. The number of hydrogen-bond acceptors (Lipinski definition) is 1. The lowest BCUT2D eigenvalue weighted by molar-refractivity contribution is 0.316. The maximum absolute atomic E-state index is 2.45. The van der Waals surface area contributed by atoms with Crippen molar-refractivity contribution in [2.75, 3.05) is 13.6 Å². The summed E-state index contributed by atoms with van der Waals surface area (Å²) in [4.78, 5) is 2.45. The molecule has 0 N–H and O–H groups in total. The van der Waals surface area contributed by atoms with Crippen molar-refractivity contribution in [3.05, 3.63) is 35.9 Å². The van der Waals surface area contributed by atoms with Gasteiger partial charge in [0.05, 0.1) is 0 Å². The van der Waals surface area contributed by atoms with Crippen molar-refractivity contribution in [2.45, 2.75) is 90.5 Å². The summed E-state index contributed by atoms with van der Waals surface area (Å²) in [5, 5.41) is 0. The van der Waals surface area contributed by atoms with Gasteiger partial charge in [-0.05, 0) is 25.6 Å². The van der Waals surface area contributed by atoms with E-state index in [2.05, 4.69) is 49.2 Å². The van der Waals surface area contributed by atoms with Gasteiger partial charge in [0.15, 0.2) is 0 Å². The van der Waals surface area contributed by atoms with E-state index in [9.17, 15) is 0 Å². The quantitative estimate of drug-likeness (QED) is 0.321. The van der Waals surface area contributed by atoms with Crippen molar-refractivity contribution in [1.82, 2.24) is 4.90 Å². The molecule has 0 heterocycles. The average Bonchev–Trinajstić information content (AvgIpc) is 2.57. The smallest absolute Gasteiger partial charge is 0.0230 e. The summed E-state index contributed by atoms with van der Waals surface area (Å²) in [5.74, 6) is 0. The van der Waals surface area contributed by atoms with Gasteiger partial charge in [0.2, 0.25) is 0 Å².